The molecule has 2 nitrogen and oxygen atoms in total. The molecule has 0 spiro atoms. The molecular formula is C17H18O2. The van der Waals surface area contributed by atoms with Crippen LogP contribution in [0.1, 0.15) is 43.5 Å². The third-order valence-corrected chi connectivity index (χ3v) is 6.32. The van der Waals surface area contributed by atoms with Crippen molar-refractivity contribution in [2.75, 3.05) is 0 Å². The van der Waals surface area contributed by atoms with Crippen molar-refractivity contribution in [3.8, 4) is 0 Å². The number of benzene rings is 1. The Morgan fingerprint density at radius 2 is 1.84 bits per heavy atom. The standard InChI is InChI=1S/C17H18O2/c1-15-8-9-16(2)13(12(18)10-15)17(15,16)14(19)11-6-4-3-5-7-11/h3-7,13H,8-10H2,1-2H3. The third-order valence-electron chi connectivity index (χ3n) is 6.32. The van der Waals surface area contributed by atoms with Gasteiger partial charge < -0.3 is 0 Å². The first-order chi connectivity index (χ1) is 8.97. The molecule has 1 aromatic carbocycles. The van der Waals surface area contributed by atoms with Gasteiger partial charge in [-0.3, -0.25) is 9.59 Å². The Labute approximate surface area is 113 Å². The van der Waals surface area contributed by atoms with Gasteiger partial charge >= 0.3 is 0 Å². The van der Waals surface area contributed by atoms with Gasteiger partial charge in [0.1, 0.15) is 5.78 Å². The topological polar surface area (TPSA) is 34.1 Å². The lowest BCUT2D eigenvalue weighted by Crippen LogP contribution is -2.33. The van der Waals surface area contributed by atoms with Crippen molar-refractivity contribution < 1.29 is 9.59 Å². The number of hydrogen-bond acceptors (Lipinski definition) is 2. The van der Waals surface area contributed by atoms with Crippen LogP contribution < -0.4 is 0 Å². The second-order valence-corrected chi connectivity index (χ2v) is 7.06. The lowest BCUT2D eigenvalue weighted by molar-refractivity contribution is -0.120. The fraction of sp³-hybridized carbons (Fsp3) is 0.529. The van der Waals surface area contributed by atoms with Crippen LogP contribution in [0, 0.1) is 22.2 Å². The summed E-state index contributed by atoms with van der Waals surface area (Å²) in [5, 5.41) is 0. The van der Waals surface area contributed by atoms with Gasteiger partial charge in [0.05, 0.1) is 5.41 Å². The number of rotatable bonds is 2. The average Bonchev–Trinajstić information content (AvgIpc) is 2.82. The minimum Gasteiger partial charge on any atom is -0.299 e. The van der Waals surface area contributed by atoms with E-state index in [1.54, 1.807) is 0 Å². The molecule has 3 aliphatic carbocycles. The molecule has 0 amide bonds. The molecule has 1 aromatic rings. The van der Waals surface area contributed by atoms with E-state index in [-0.39, 0.29) is 22.5 Å². The van der Waals surface area contributed by atoms with Crippen LogP contribution in [0.4, 0.5) is 0 Å². The smallest absolute Gasteiger partial charge is 0.170 e. The third kappa shape index (κ3) is 0.957. The summed E-state index contributed by atoms with van der Waals surface area (Å²) < 4.78 is 0. The molecule has 0 saturated heterocycles. The Bertz CT molecular complexity index is 605. The second-order valence-electron chi connectivity index (χ2n) is 7.06. The van der Waals surface area contributed by atoms with Gasteiger partial charge in [0, 0.05) is 17.9 Å². The Morgan fingerprint density at radius 1 is 1.16 bits per heavy atom. The molecule has 4 rings (SSSR count). The van der Waals surface area contributed by atoms with E-state index >= 15 is 0 Å². The summed E-state index contributed by atoms with van der Waals surface area (Å²) in [4.78, 5) is 25.4. The summed E-state index contributed by atoms with van der Waals surface area (Å²) in [5.41, 5.74) is 0.220. The maximum Gasteiger partial charge on any atom is 0.170 e. The first-order valence-corrected chi connectivity index (χ1v) is 7.10. The highest BCUT2D eigenvalue weighted by molar-refractivity contribution is 6.12. The SMILES string of the molecule is CC12CCC3(C)C(C(=O)C1)C23C(=O)c1ccccc1. The Balaban J connectivity index is 1.88. The quantitative estimate of drug-likeness (QED) is 0.759. The second kappa shape index (κ2) is 3.00. The van der Waals surface area contributed by atoms with Crippen LogP contribution in [-0.2, 0) is 4.79 Å². The van der Waals surface area contributed by atoms with Gasteiger partial charge in [-0.1, -0.05) is 44.2 Å². The first-order valence-electron chi connectivity index (χ1n) is 7.10. The molecule has 3 aliphatic rings. The van der Waals surface area contributed by atoms with Crippen LogP contribution in [0.15, 0.2) is 30.3 Å². The molecule has 0 heterocycles. The lowest BCUT2D eigenvalue weighted by atomic mass is 9.71. The number of carbonyl (C=O) groups is 2. The fourth-order valence-electron chi connectivity index (χ4n) is 5.58. The maximum atomic E-state index is 13.1. The van der Waals surface area contributed by atoms with Crippen LogP contribution in [0.2, 0.25) is 0 Å². The van der Waals surface area contributed by atoms with Crippen molar-refractivity contribution in [3.05, 3.63) is 35.9 Å². The van der Waals surface area contributed by atoms with Gasteiger partial charge in [-0.05, 0) is 23.7 Å². The van der Waals surface area contributed by atoms with E-state index in [9.17, 15) is 9.59 Å². The van der Waals surface area contributed by atoms with Crippen molar-refractivity contribution in [2.45, 2.75) is 33.1 Å². The molecule has 2 heteroatoms. The predicted octanol–water partition coefficient (Wildman–Crippen LogP) is 3.26. The number of hydrogen-bond donors (Lipinski definition) is 0. The van der Waals surface area contributed by atoms with Gasteiger partial charge in [-0.25, -0.2) is 0 Å². The lowest BCUT2D eigenvalue weighted by Gasteiger charge is -2.30. The summed E-state index contributed by atoms with van der Waals surface area (Å²) in [6.07, 6.45) is 2.65. The van der Waals surface area contributed by atoms with E-state index in [1.165, 1.54) is 0 Å². The minimum absolute atomic E-state index is 0.00791. The molecule has 3 saturated carbocycles. The van der Waals surface area contributed by atoms with Crippen LogP contribution >= 0.6 is 0 Å². The van der Waals surface area contributed by atoms with E-state index in [1.807, 2.05) is 30.3 Å². The number of carbonyl (C=O) groups excluding carboxylic acids is 2. The van der Waals surface area contributed by atoms with Gasteiger partial charge in [-0.2, -0.15) is 0 Å². The number of ketones is 2. The van der Waals surface area contributed by atoms with Crippen LogP contribution in [0.3, 0.4) is 0 Å². The Morgan fingerprint density at radius 3 is 2.42 bits per heavy atom. The van der Waals surface area contributed by atoms with Gasteiger partial charge in [0.2, 0.25) is 0 Å². The van der Waals surface area contributed by atoms with E-state index < -0.39 is 5.41 Å². The summed E-state index contributed by atoms with van der Waals surface area (Å²) in [6.45, 7) is 4.31. The molecule has 4 atom stereocenters. The molecule has 3 fully saturated rings. The van der Waals surface area contributed by atoms with Gasteiger partial charge in [0.15, 0.2) is 5.78 Å². The zero-order chi connectivity index (χ0) is 13.5. The zero-order valence-corrected chi connectivity index (χ0v) is 11.4. The molecule has 4 unspecified atom stereocenters. The van der Waals surface area contributed by atoms with Crippen molar-refractivity contribution in [1.82, 2.24) is 0 Å². The molecule has 98 valence electrons. The number of Topliss-reactive ketones (excluding diaryl/α,β-unsaturated/α-hetero) is 2. The first kappa shape index (κ1) is 11.4. The van der Waals surface area contributed by atoms with Crippen LogP contribution in [0.5, 0.6) is 0 Å². The molecule has 0 aliphatic heterocycles. The minimum atomic E-state index is -0.390. The van der Waals surface area contributed by atoms with E-state index in [4.69, 9.17) is 0 Å². The average molecular weight is 254 g/mol. The Kier molecular flexibility index (Phi) is 1.80. The zero-order valence-electron chi connectivity index (χ0n) is 11.4. The summed E-state index contributed by atoms with van der Waals surface area (Å²) in [6, 6.07) is 9.52. The highest BCUT2D eigenvalue weighted by Crippen LogP contribution is 2.89. The Hall–Kier alpha value is -1.44. The molecule has 0 N–H and O–H groups in total. The van der Waals surface area contributed by atoms with Crippen molar-refractivity contribution >= 4 is 11.6 Å². The van der Waals surface area contributed by atoms with Crippen molar-refractivity contribution in [3.63, 3.8) is 0 Å². The largest absolute Gasteiger partial charge is 0.299 e. The summed E-state index contributed by atoms with van der Waals surface area (Å²) in [7, 11) is 0. The van der Waals surface area contributed by atoms with E-state index in [0.29, 0.717) is 12.2 Å². The molecule has 0 aromatic heterocycles. The van der Waals surface area contributed by atoms with Crippen LogP contribution in [0.25, 0.3) is 0 Å². The predicted molar refractivity (Wildman–Crippen MR) is 71.8 cm³/mol. The fourth-order valence-corrected chi connectivity index (χ4v) is 5.58. The van der Waals surface area contributed by atoms with Crippen molar-refractivity contribution in [2.24, 2.45) is 22.2 Å². The number of fused-ring (bicyclic) bond motifs is 1. The molecule has 19 heavy (non-hydrogen) atoms. The summed E-state index contributed by atoms with van der Waals surface area (Å²) >= 11 is 0. The van der Waals surface area contributed by atoms with E-state index in [2.05, 4.69) is 13.8 Å². The normalized spacial score (nSPS) is 46.2. The highest BCUT2D eigenvalue weighted by Gasteiger charge is 2.91. The van der Waals surface area contributed by atoms with Crippen LogP contribution in [-0.4, -0.2) is 11.6 Å². The molecular weight excluding hydrogens is 236 g/mol. The maximum absolute atomic E-state index is 13.1. The molecule has 0 bridgehead atoms. The van der Waals surface area contributed by atoms with E-state index in [0.717, 1.165) is 18.4 Å². The van der Waals surface area contributed by atoms with Gasteiger partial charge in [-0.15, -0.1) is 0 Å². The highest BCUT2D eigenvalue weighted by atomic mass is 16.1. The molecule has 0 radical (unpaired) electrons. The van der Waals surface area contributed by atoms with Crippen molar-refractivity contribution in [1.29, 1.82) is 0 Å². The monoisotopic (exact) mass is 254 g/mol. The van der Waals surface area contributed by atoms with Gasteiger partial charge in [0.25, 0.3) is 0 Å². The summed E-state index contributed by atoms with van der Waals surface area (Å²) in [5.74, 6) is 0.532.